The maximum absolute atomic E-state index is 12.3. The molecule has 2 saturated carbocycles. The van der Waals surface area contributed by atoms with Crippen molar-refractivity contribution in [2.75, 3.05) is 37.7 Å². The highest BCUT2D eigenvalue weighted by atomic mass is 16.5. The molecule has 1 amide bonds. The second-order valence-electron chi connectivity index (χ2n) is 7.62. The van der Waals surface area contributed by atoms with E-state index in [1.165, 1.54) is 25.7 Å². The maximum Gasteiger partial charge on any atom is 0.234 e. The van der Waals surface area contributed by atoms with E-state index in [0.29, 0.717) is 23.6 Å². The number of rotatable bonds is 5. The van der Waals surface area contributed by atoms with Crippen LogP contribution in [0.5, 0.6) is 5.88 Å². The Morgan fingerprint density at radius 1 is 1.04 bits per heavy atom. The fourth-order valence-electron chi connectivity index (χ4n) is 3.90. The molecule has 3 aliphatic rings. The molecule has 0 spiro atoms. The molecule has 0 unspecified atom stereocenters. The Labute approximate surface area is 149 Å². The van der Waals surface area contributed by atoms with Gasteiger partial charge >= 0.3 is 0 Å². The lowest BCUT2D eigenvalue weighted by atomic mass is 10.1. The lowest BCUT2D eigenvalue weighted by Gasteiger charge is -2.23. The monoisotopic (exact) mass is 344 g/mol. The van der Waals surface area contributed by atoms with Crippen LogP contribution in [0.3, 0.4) is 0 Å². The lowest BCUT2D eigenvalue weighted by molar-refractivity contribution is -0.132. The van der Waals surface area contributed by atoms with Gasteiger partial charge in [0.1, 0.15) is 0 Å². The lowest BCUT2D eigenvalue weighted by Crippen LogP contribution is -2.36. The molecule has 1 aromatic heterocycles. The van der Waals surface area contributed by atoms with Gasteiger partial charge in [-0.15, -0.1) is 0 Å². The highest BCUT2D eigenvalue weighted by molar-refractivity contribution is 5.81. The van der Waals surface area contributed by atoms with E-state index in [1.54, 1.807) is 12.4 Å². The van der Waals surface area contributed by atoms with E-state index in [2.05, 4.69) is 14.9 Å². The molecule has 0 bridgehead atoms. The molecule has 2 aliphatic carbocycles. The fourth-order valence-corrected chi connectivity index (χ4v) is 3.90. The van der Waals surface area contributed by atoms with Gasteiger partial charge in [0.25, 0.3) is 0 Å². The van der Waals surface area contributed by atoms with E-state index < -0.39 is 0 Å². The van der Waals surface area contributed by atoms with Gasteiger partial charge in [0.2, 0.25) is 11.8 Å². The van der Waals surface area contributed by atoms with Crippen molar-refractivity contribution in [2.24, 2.45) is 11.8 Å². The SMILES string of the molecule is O=C(C1CC1)N1CCCN(c2cncc(OCC3CCCC3)n2)CC1. The fraction of sp³-hybridized carbons (Fsp3) is 0.737. The highest BCUT2D eigenvalue weighted by Crippen LogP contribution is 2.31. The number of hydrogen-bond donors (Lipinski definition) is 0. The molecule has 0 N–H and O–H groups in total. The molecule has 2 heterocycles. The molecule has 0 atom stereocenters. The highest BCUT2D eigenvalue weighted by Gasteiger charge is 2.34. The van der Waals surface area contributed by atoms with Gasteiger partial charge in [-0.2, -0.15) is 4.98 Å². The van der Waals surface area contributed by atoms with Gasteiger partial charge in [-0.1, -0.05) is 12.8 Å². The van der Waals surface area contributed by atoms with Crippen LogP contribution in [0.15, 0.2) is 12.4 Å². The molecule has 1 aliphatic heterocycles. The van der Waals surface area contributed by atoms with Crippen LogP contribution in [0, 0.1) is 11.8 Å². The van der Waals surface area contributed by atoms with E-state index in [-0.39, 0.29) is 0 Å². The normalized spacial score (nSPS) is 22.1. The minimum absolute atomic E-state index is 0.304. The van der Waals surface area contributed by atoms with Gasteiger partial charge in [-0.25, -0.2) is 0 Å². The average molecular weight is 344 g/mol. The summed E-state index contributed by atoms with van der Waals surface area (Å²) in [5.74, 6) is 2.81. The number of aromatic nitrogens is 2. The second kappa shape index (κ2) is 7.58. The zero-order valence-electron chi connectivity index (χ0n) is 14.9. The summed E-state index contributed by atoms with van der Waals surface area (Å²) in [6.45, 7) is 4.12. The minimum atomic E-state index is 0.304. The van der Waals surface area contributed by atoms with Crippen molar-refractivity contribution in [1.82, 2.24) is 14.9 Å². The van der Waals surface area contributed by atoms with E-state index in [9.17, 15) is 4.79 Å². The maximum atomic E-state index is 12.3. The molecule has 1 aromatic rings. The van der Waals surface area contributed by atoms with Crippen LogP contribution in [0.4, 0.5) is 5.82 Å². The van der Waals surface area contributed by atoms with Crippen LogP contribution in [-0.4, -0.2) is 53.6 Å². The smallest absolute Gasteiger partial charge is 0.234 e. The number of carbonyl (C=O) groups excluding carboxylic acids is 1. The molecule has 6 nitrogen and oxygen atoms in total. The van der Waals surface area contributed by atoms with Gasteiger partial charge in [-0.3, -0.25) is 9.78 Å². The average Bonchev–Trinajstić information content (AvgIpc) is 3.41. The number of amides is 1. The van der Waals surface area contributed by atoms with Gasteiger partial charge in [0.05, 0.1) is 19.0 Å². The molecule has 1 saturated heterocycles. The van der Waals surface area contributed by atoms with Crippen molar-refractivity contribution < 1.29 is 9.53 Å². The summed E-state index contributed by atoms with van der Waals surface area (Å²) in [6.07, 6.45) is 11.8. The third-order valence-corrected chi connectivity index (χ3v) is 5.60. The Balaban J connectivity index is 1.34. The molecule has 136 valence electrons. The Hall–Kier alpha value is -1.85. The summed E-state index contributed by atoms with van der Waals surface area (Å²) in [4.78, 5) is 25.5. The van der Waals surface area contributed by atoms with Crippen LogP contribution in [0.2, 0.25) is 0 Å². The molecule has 3 fully saturated rings. The van der Waals surface area contributed by atoms with Crippen LogP contribution in [0.25, 0.3) is 0 Å². The molecule has 0 radical (unpaired) electrons. The van der Waals surface area contributed by atoms with Crippen LogP contribution >= 0.6 is 0 Å². The van der Waals surface area contributed by atoms with Crippen molar-refractivity contribution in [1.29, 1.82) is 0 Å². The van der Waals surface area contributed by atoms with Gasteiger partial charge in [0.15, 0.2) is 5.82 Å². The summed E-state index contributed by atoms with van der Waals surface area (Å²) in [6, 6.07) is 0. The first kappa shape index (κ1) is 16.6. The summed E-state index contributed by atoms with van der Waals surface area (Å²) in [5, 5.41) is 0. The van der Waals surface area contributed by atoms with Gasteiger partial charge in [-0.05, 0) is 38.0 Å². The van der Waals surface area contributed by atoms with E-state index >= 15 is 0 Å². The summed E-state index contributed by atoms with van der Waals surface area (Å²) in [5.41, 5.74) is 0. The van der Waals surface area contributed by atoms with Crippen molar-refractivity contribution in [3.8, 4) is 5.88 Å². The first-order valence-electron chi connectivity index (χ1n) is 9.78. The van der Waals surface area contributed by atoms with Crippen LogP contribution in [-0.2, 0) is 4.79 Å². The Bertz CT molecular complexity index is 599. The summed E-state index contributed by atoms with van der Waals surface area (Å²) >= 11 is 0. The van der Waals surface area contributed by atoms with Gasteiger partial charge < -0.3 is 14.5 Å². The number of ether oxygens (including phenoxy) is 1. The Kier molecular flexibility index (Phi) is 5.04. The quantitative estimate of drug-likeness (QED) is 0.821. The Morgan fingerprint density at radius 2 is 1.88 bits per heavy atom. The standard InChI is InChI=1S/C19H28N4O2/c24-19(16-6-7-16)23-9-3-8-22(10-11-23)17-12-20-13-18(21-17)25-14-15-4-1-2-5-15/h12-13,15-16H,1-11,14H2. The topological polar surface area (TPSA) is 58.6 Å². The number of carbonyl (C=O) groups is 1. The van der Waals surface area contributed by atoms with Crippen LogP contribution < -0.4 is 9.64 Å². The van der Waals surface area contributed by atoms with Crippen molar-refractivity contribution in [3.63, 3.8) is 0 Å². The van der Waals surface area contributed by atoms with E-state index in [1.807, 2.05) is 4.90 Å². The number of anilines is 1. The van der Waals surface area contributed by atoms with Gasteiger partial charge in [0, 0.05) is 32.1 Å². The predicted octanol–water partition coefficient (Wildman–Crippen LogP) is 2.49. The third-order valence-electron chi connectivity index (χ3n) is 5.60. The largest absolute Gasteiger partial charge is 0.476 e. The molecule has 25 heavy (non-hydrogen) atoms. The number of hydrogen-bond acceptors (Lipinski definition) is 5. The third kappa shape index (κ3) is 4.22. The molecule has 6 heteroatoms. The number of nitrogens with zero attached hydrogens (tertiary/aromatic N) is 4. The van der Waals surface area contributed by atoms with Crippen molar-refractivity contribution in [2.45, 2.75) is 44.9 Å². The zero-order chi connectivity index (χ0) is 17.1. The first-order valence-corrected chi connectivity index (χ1v) is 9.78. The van der Waals surface area contributed by atoms with Crippen molar-refractivity contribution in [3.05, 3.63) is 12.4 Å². The molecular formula is C19H28N4O2. The molecular weight excluding hydrogens is 316 g/mol. The minimum Gasteiger partial charge on any atom is -0.476 e. The van der Waals surface area contributed by atoms with E-state index in [0.717, 1.165) is 57.9 Å². The summed E-state index contributed by atoms with van der Waals surface area (Å²) in [7, 11) is 0. The Morgan fingerprint density at radius 3 is 2.68 bits per heavy atom. The predicted molar refractivity (Wildman–Crippen MR) is 95.6 cm³/mol. The second-order valence-corrected chi connectivity index (χ2v) is 7.62. The van der Waals surface area contributed by atoms with E-state index in [4.69, 9.17) is 4.74 Å². The molecule has 4 rings (SSSR count). The first-order chi connectivity index (χ1) is 12.3. The summed E-state index contributed by atoms with van der Waals surface area (Å²) < 4.78 is 5.89. The van der Waals surface area contributed by atoms with Crippen molar-refractivity contribution >= 4 is 11.7 Å². The zero-order valence-corrected chi connectivity index (χ0v) is 14.9. The van der Waals surface area contributed by atoms with Crippen LogP contribution in [0.1, 0.15) is 44.9 Å². The molecule has 0 aromatic carbocycles.